The predicted octanol–water partition coefficient (Wildman–Crippen LogP) is 2.66. The number of piperidine rings is 1. The topological polar surface area (TPSA) is 38.1 Å². The minimum atomic E-state index is 0.276. The summed E-state index contributed by atoms with van der Waals surface area (Å²) >= 11 is 0. The van der Waals surface area contributed by atoms with Gasteiger partial charge in [0.1, 0.15) is 6.29 Å². The highest BCUT2D eigenvalue weighted by atomic mass is 16.1. The van der Waals surface area contributed by atoms with Gasteiger partial charge in [-0.3, -0.25) is 9.58 Å². The lowest BCUT2D eigenvalue weighted by Crippen LogP contribution is -2.33. The lowest BCUT2D eigenvalue weighted by atomic mass is 9.98. The summed E-state index contributed by atoms with van der Waals surface area (Å²) in [5, 5.41) is 4.69. The van der Waals surface area contributed by atoms with Crippen LogP contribution in [0.2, 0.25) is 0 Å². The molecule has 0 unspecified atom stereocenters. The van der Waals surface area contributed by atoms with Gasteiger partial charge >= 0.3 is 0 Å². The molecule has 1 fully saturated rings. The fourth-order valence-corrected chi connectivity index (χ4v) is 2.80. The van der Waals surface area contributed by atoms with Crippen molar-refractivity contribution in [3.8, 4) is 0 Å². The standard InChI is InChI=1S/C15H25N3O/c1-3-15(4-2)18-10-7-14(16-18)11-17-8-5-13(12-19)6-9-17/h7,10,12-13,15H,3-6,8-9,11H2,1-2H3. The molecule has 0 spiro atoms. The van der Waals surface area contributed by atoms with Gasteiger partial charge in [-0.05, 0) is 44.8 Å². The van der Waals surface area contributed by atoms with E-state index in [1.807, 2.05) is 0 Å². The maximum atomic E-state index is 10.7. The van der Waals surface area contributed by atoms with Gasteiger partial charge in [-0.25, -0.2) is 0 Å². The Kier molecular flexibility index (Phi) is 5.14. The molecule has 0 saturated carbocycles. The molecule has 0 radical (unpaired) electrons. The first kappa shape index (κ1) is 14.3. The maximum Gasteiger partial charge on any atom is 0.123 e. The van der Waals surface area contributed by atoms with E-state index >= 15 is 0 Å². The number of nitrogens with zero attached hydrogens (tertiary/aromatic N) is 3. The predicted molar refractivity (Wildman–Crippen MR) is 75.9 cm³/mol. The first-order valence-corrected chi connectivity index (χ1v) is 7.48. The monoisotopic (exact) mass is 263 g/mol. The molecule has 1 aromatic rings. The van der Waals surface area contributed by atoms with E-state index in [4.69, 9.17) is 5.10 Å². The second-order valence-electron chi connectivity index (χ2n) is 5.51. The summed E-state index contributed by atoms with van der Waals surface area (Å²) in [6, 6.07) is 2.65. The van der Waals surface area contributed by atoms with E-state index < -0.39 is 0 Å². The number of aldehydes is 1. The first-order chi connectivity index (χ1) is 9.26. The molecule has 4 heteroatoms. The van der Waals surface area contributed by atoms with Crippen molar-refractivity contribution in [3.63, 3.8) is 0 Å². The Balaban J connectivity index is 1.88. The van der Waals surface area contributed by atoms with E-state index in [0.717, 1.165) is 57.3 Å². The molecule has 1 saturated heterocycles. The Bertz CT molecular complexity index is 390. The van der Waals surface area contributed by atoms with Crippen LogP contribution in [0, 0.1) is 5.92 Å². The summed E-state index contributed by atoms with van der Waals surface area (Å²) in [4.78, 5) is 13.1. The minimum Gasteiger partial charge on any atom is -0.303 e. The summed E-state index contributed by atoms with van der Waals surface area (Å²) in [5.74, 6) is 0.276. The first-order valence-electron chi connectivity index (χ1n) is 7.48. The minimum absolute atomic E-state index is 0.276. The van der Waals surface area contributed by atoms with Gasteiger partial charge in [0.15, 0.2) is 0 Å². The van der Waals surface area contributed by atoms with Crippen molar-refractivity contribution >= 4 is 6.29 Å². The van der Waals surface area contributed by atoms with Gasteiger partial charge in [0.05, 0.1) is 11.7 Å². The fraction of sp³-hybridized carbons (Fsp3) is 0.733. The van der Waals surface area contributed by atoms with Gasteiger partial charge in [-0.1, -0.05) is 13.8 Å². The van der Waals surface area contributed by atoms with Crippen LogP contribution in [-0.4, -0.2) is 34.1 Å². The van der Waals surface area contributed by atoms with Crippen LogP contribution in [0.25, 0.3) is 0 Å². The summed E-state index contributed by atoms with van der Waals surface area (Å²) in [7, 11) is 0. The number of carbonyl (C=O) groups is 1. The summed E-state index contributed by atoms with van der Waals surface area (Å²) < 4.78 is 2.10. The van der Waals surface area contributed by atoms with Crippen molar-refractivity contribution in [2.45, 2.75) is 52.1 Å². The third-order valence-corrected chi connectivity index (χ3v) is 4.19. The number of likely N-dealkylation sites (tertiary alicyclic amines) is 1. The summed E-state index contributed by atoms with van der Waals surface area (Å²) in [5.41, 5.74) is 1.15. The van der Waals surface area contributed by atoms with Crippen LogP contribution >= 0.6 is 0 Å². The molecule has 2 heterocycles. The van der Waals surface area contributed by atoms with Crippen molar-refractivity contribution in [1.82, 2.24) is 14.7 Å². The Morgan fingerprint density at radius 2 is 2.05 bits per heavy atom. The smallest absolute Gasteiger partial charge is 0.123 e. The normalized spacial score (nSPS) is 18.1. The molecule has 1 aliphatic heterocycles. The molecular weight excluding hydrogens is 238 g/mol. The highest BCUT2D eigenvalue weighted by Gasteiger charge is 2.19. The van der Waals surface area contributed by atoms with Crippen molar-refractivity contribution in [2.75, 3.05) is 13.1 Å². The zero-order valence-electron chi connectivity index (χ0n) is 12.1. The molecule has 1 aromatic heterocycles. The van der Waals surface area contributed by atoms with Crippen LogP contribution in [0.4, 0.5) is 0 Å². The SMILES string of the molecule is CCC(CC)n1ccc(CN2CCC(C=O)CC2)n1. The molecule has 2 rings (SSSR count). The molecular formula is C15H25N3O. The molecule has 4 nitrogen and oxygen atoms in total. The molecule has 0 aromatic carbocycles. The van der Waals surface area contributed by atoms with E-state index in [-0.39, 0.29) is 5.92 Å². The molecule has 0 amide bonds. The van der Waals surface area contributed by atoms with Gasteiger partial charge < -0.3 is 4.79 Å². The molecule has 19 heavy (non-hydrogen) atoms. The lowest BCUT2D eigenvalue weighted by molar-refractivity contribution is -0.112. The van der Waals surface area contributed by atoms with Crippen LogP contribution < -0.4 is 0 Å². The molecule has 0 atom stereocenters. The Morgan fingerprint density at radius 1 is 1.37 bits per heavy atom. The number of aromatic nitrogens is 2. The molecule has 0 aliphatic carbocycles. The van der Waals surface area contributed by atoms with Crippen molar-refractivity contribution in [2.24, 2.45) is 5.92 Å². The van der Waals surface area contributed by atoms with Gasteiger partial charge in [0.25, 0.3) is 0 Å². The van der Waals surface area contributed by atoms with E-state index in [0.29, 0.717) is 6.04 Å². The van der Waals surface area contributed by atoms with Crippen molar-refractivity contribution in [3.05, 3.63) is 18.0 Å². The highest BCUT2D eigenvalue weighted by Crippen LogP contribution is 2.18. The van der Waals surface area contributed by atoms with E-state index in [1.54, 1.807) is 0 Å². The Labute approximate surface area is 115 Å². The fourth-order valence-electron chi connectivity index (χ4n) is 2.80. The zero-order chi connectivity index (χ0) is 13.7. The number of hydrogen-bond donors (Lipinski definition) is 0. The van der Waals surface area contributed by atoms with E-state index in [9.17, 15) is 4.79 Å². The number of rotatable bonds is 6. The third-order valence-electron chi connectivity index (χ3n) is 4.19. The average Bonchev–Trinajstić information content (AvgIpc) is 2.89. The average molecular weight is 263 g/mol. The molecule has 106 valence electrons. The summed E-state index contributed by atoms with van der Waals surface area (Å²) in [6.07, 6.45) is 7.46. The van der Waals surface area contributed by atoms with Crippen LogP contribution in [0.3, 0.4) is 0 Å². The second kappa shape index (κ2) is 6.85. The van der Waals surface area contributed by atoms with E-state index in [2.05, 4.69) is 35.7 Å². The lowest BCUT2D eigenvalue weighted by Gasteiger charge is -2.28. The van der Waals surface area contributed by atoms with Crippen LogP contribution in [0.5, 0.6) is 0 Å². The number of hydrogen-bond acceptors (Lipinski definition) is 3. The third kappa shape index (κ3) is 3.66. The second-order valence-corrected chi connectivity index (χ2v) is 5.51. The van der Waals surface area contributed by atoms with Crippen LogP contribution in [-0.2, 0) is 11.3 Å². The molecule has 1 aliphatic rings. The van der Waals surface area contributed by atoms with Crippen LogP contribution in [0.15, 0.2) is 12.3 Å². The van der Waals surface area contributed by atoms with Crippen molar-refractivity contribution < 1.29 is 4.79 Å². The zero-order valence-corrected chi connectivity index (χ0v) is 12.1. The van der Waals surface area contributed by atoms with Crippen LogP contribution in [0.1, 0.15) is 51.3 Å². The largest absolute Gasteiger partial charge is 0.303 e. The van der Waals surface area contributed by atoms with Gasteiger partial charge in [-0.2, -0.15) is 5.10 Å². The van der Waals surface area contributed by atoms with E-state index in [1.165, 1.54) is 0 Å². The van der Waals surface area contributed by atoms with Gasteiger partial charge in [0, 0.05) is 18.7 Å². The Hall–Kier alpha value is -1.16. The molecule has 0 bridgehead atoms. The quantitative estimate of drug-likeness (QED) is 0.741. The molecule has 0 N–H and O–H groups in total. The Morgan fingerprint density at radius 3 is 2.63 bits per heavy atom. The number of carbonyl (C=O) groups excluding carboxylic acids is 1. The summed E-state index contributed by atoms with van der Waals surface area (Å²) in [6.45, 7) is 7.36. The van der Waals surface area contributed by atoms with Gasteiger partial charge in [-0.15, -0.1) is 0 Å². The highest BCUT2D eigenvalue weighted by molar-refractivity contribution is 5.53. The maximum absolute atomic E-state index is 10.7. The van der Waals surface area contributed by atoms with Crippen molar-refractivity contribution in [1.29, 1.82) is 0 Å². The van der Waals surface area contributed by atoms with Gasteiger partial charge in [0.2, 0.25) is 0 Å².